The summed E-state index contributed by atoms with van der Waals surface area (Å²) in [4.78, 5) is 6.37. The summed E-state index contributed by atoms with van der Waals surface area (Å²) < 4.78 is 5.86. The number of aromatic nitrogens is 1. The van der Waals surface area contributed by atoms with Gasteiger partial charge in [-0.25, -0.2) is 0 Å². The molecular weight excluding hydrogens is 248 g/mol. The lowest BCUT2D eigenvalue weighted by Crippen LogP contribution is -2.32. The van der Waals surface area contributed by atoms with Crippen LogP contribution in [0.1, 0.15) is 31.9 Å². The molecule has 0 saturated heterocycles. The second-order valence-corrected chi connectivity index (χ2v) is 6.26. The van der Waals surface area contributed by atoms with Crippen molar-refractivity contribution in [2.24, 2.45) is 0 Å². The molecule has 1 aromatic carbocycles. The Morgan fingerprint density at radius 3 is 2.75 bits per heavy atom. The smallest absolute Gasteiger partial charge is 0.161 e. The first-order chi connectivity index (χ1) is 9.54. The minimum atomic E-state index is 0.158. The van der Waals surface area contributed by atoms with Gasteiger partial charge in [0.25, 0.3) is 0 Å². The number of anilines is 1. The number of nitrogens with zero attached hydrogens (tertiary/aromatic N) is 2. The standard InChI is InChI=1S/C17H20N2O/c1-17(2,3)14-6-7-16-13(9-14)11-19(12-20-16)15-5-4-8-18-10-15/h4-10H,11-12H2,1-3H3. The molecular formula is C17H20N2O. The van der Waals surface area contributed by atoms with E-state index in [0.717, 1.165) is 18.0 Å². The zero-order valence-electron chi connectivity index (χ0n) is 12.3. The number of ether oxygens (including phenoxy) is 1. The molecule has 0 fully saturated rings. The molecule has 0 atom stereocenters. The predicted molar refractivity (Wildman–Crippen MR) is 81.1 cm³/mol. The van der Waals surface area contributed by atoms with Gasteiger partial charge in [-0.05, 0) is 35.2 Å². The molecule has 1 aromatic heterocycles. The Bertz CT molecular complexity index is 602. The van der Waals surface area contributed by atoms with Crippen LogP contribution in [0.2, 0.25) is 0 Å². The molecule has 0 aliphatic carbocycles. The zero-order valence-corrected chi connectivity index (χ0v) is 12.3. The van der Waals surface area contributed by atoms with E-state index in [2.05, 4.69) is 54.9 Å². The Labute approximate surface area is 120 Å². The third-order valence-electron chi connectivity index (χ3n) is 3.67. The molecule has 0 N–H and O–H groups in total. The highest BCUT2D eigenvalue weighted by molar-refractivity contribution is 5.49. The lowest BCUT2D eigenvalue weighted by Gasteiger charge is -2.31. The van der Waals surface area contributed by atoms with Crippen molar-refractivity contribution < 1.29 is 4.74 Å². The molecule has 3 heteroatoms. The summed E-state index contributed by atoms with van der Waals surface area (Å²) in [5, 5.41) is 0. The largest absolute Gasteiger partial charge is 0.473 e. The van der Waals surface area contributed by atoms with E-state index >= 15 is 0 Å². The minimum absolute atomic E-state index is 0.158. The Morgan fingerprint density at radius 2 is 2.05 bits per heavy atom. The van der Waals surface area contributed by atoms with Crippen molar-refractivity contribution in [1.82, 2.24) is 4.98 Å². The van der Waals surface area contributed by atoms with Gasteiger partial charge >= 0.3 is 0 Å². The van der Waals surface area contributed by atoms with Crippen LogP contribution in [0.3, 0.4) is 0 Å². The third-order valence-corrected chi connectivity index (χ3v) is 3.67. The average molecular weight is 268 g/mol. The van der Waals surface area contributed by atoms with Crippen molar-refractivity contribution in [3.8, 4) is 5.75 Å². The molecule has 104 valence electrons. The summed E-state index contributed by atoms with van der Waals surface area (Å²) in [6.07, 6.45) is 3.67. The number of benzene rings is 1. The van der Waals surface area contributed by atoms with Crippen LogP contribution in [0.4, 0.5) is 5.69 Å². The molecule has 20 heavy (non-hydrogen) atoms. The molecule has 0 spiro atoms. The molecule has 1 aliphatic rings. The van der Waals surface area contributed by atoms with E-state index in [1.807, 2.05) is 12.3 Å². The van der Waals surface area contributed by atoms with Gasteiger partial charge in [-0.2, -0.15) is 0 Å². The van der Waals surface area contributed by atoms with E-state index < -0.39 is 0 Å². The van der Waals surface area contributed by atoms with Crippen molar-refractivity contribution >= 4 is 5.69 Å². The summed E-state index contributed by atoms with van der Waals surface area (Å²) in [5.41, 5.74) is 3.84. The van der Waals surface area contributed by atoms with E-state index in [-0.39, 0.29) is 5.41 Å². The molecule has 0 amide bonds. The van der Waals surface area contributed by atoms with Gasteiger partial charge in [-0.3, -0.25) is 4.98 Å². The highest BCUT2D eigenvalue weighted by Crippen LogP contribution is 2.32. The topological polar surface area (TPSA) is 25.4 Å². The van der Waals surface area contributed by atoms with Gasteiger partial charge in [-0.1, -0.05) is 26.8 Å². The fraction of sp³-hybridized carbons (Fsp3) is 0.353. The number of hydrogen-bond acceptors (Lipinski definition) is 3. The SMILES string of the molecule is CC(C)(C)c1ccc2c(c1)CN(c1cccnc1)CO2. The maximum absolute atomic E-state index is 5.86. The van der Waals surface area contributed by atoms with Gasteiger partial charge in [0.1, 0.15) is 5.75 Å². The highest BCUT2D eigenvalue weighted by atomic mass is 16.5. The van der Waals surface area contributed by atoms with Crippen LogP contribution >= 0.6 is 0 Å². The number of fused-ring (bicyclic) bond motifs is 1. The van der Waals surface area contributed by atoms with Crippen LogP contribution in [-0.2, 0) is 12.0 Å². The van der Waals surface area contributed by atoms with Crippen molar-refractivity contribution in [3.05, 3.63) is 53.9 Å². The lowest BCUT2D eigenvalue weighted by molar-refractivity contribution is 0.289. The average Bonchev–Trinajstić information content (AvgIpc) is 2.46. The summed E-state index contributed by atoms with van der Waals surface area (Å²) >= 11 is 0. The van der Waals surface area contributed by atoms with Crippen molar-refractivity contribution in [2.75, 3.05) is 11.6 Å². The third kappa shape index (κ3) is 2.48. The van der Waals surface area contributed by atoms with E-state index in [0.29, 0.717) is 6.73 Å². The molecule has 3 rings (SSSR count). The summed E-state index contributed by atoms with van der Waals surface area (Å²) in [6.45, 7) is 8.14. The molecule has 0 saturated carbocycles. The molecule has 2 heterocycles. The predicted octanol–water partition coefficient (Wildman–Crippen LogP) is 3.74. The van der Waals surface area contributed by atoms with Crippen LogP contribution in [0.25, 0.3) is 0 Å². The summed E-state index contributed by atoms with van der Waals surface area (Å²) in [7, 11) is 0. The van der Waals surface area contributed by atoms with Crippen LogP contribution in [0.15, 0.2) is 42.7 Å². The van der Waals surface area contributed by atoms with Gasteiger partial charge < -0.3 is 9.64 Å². The summed E-state index contributed by atoms with van der Waals surface area (Å²) in [5.74, 6) is 0.998. The number of hydrogen-bond donors (Lipinski definition) is 0. The molecule has 0 bridgehead atoms. The lowest BCUT2D eigenvalue weighted by atomic mass is 9.86. The monoisotopic (exact) mass is 268 g/mol. The molecule has 1 aliphatic heterocycles. The van der Waals surface area contributed by atoms with Crippen molar-refractivity contribution in [3.63, 3.8) is 0 Å². The quantitative estimate of drug-likeness (QED) is 0.788. The van der Waals surface area contributed by atoms with Crippen molar-refractivity contribution in [1.29, 1.82) is 0 Å². The van der Waals surface area contributed by atoms with E-state index in [1.165, 1.54) is 11.1 Å². The fourth-order valence-electron chi connectivity index (χ4n) is 2.42. The second kappa shape index (κ2) is 4.82. The van der Waals surface area contributed by atoms with Crippen LogP contribution < -0.4 is 9.64 Å². The number of rotatable bonds is 1. The van der Waals surface area contributed by atoms with Gasteiger partial charge in [0.15, 0.2) is 6.73 Å². The Kier molecular flexibility index (Phi) is 3.13. The first-order valence-corrected chi connectivity index (χ1v) is 6.95. The van der Waals surface area contributed by atoms with Gasteiger partial charge in [-0.15, -0.1) is 0 Å². The molecule has 0 radical (unpaired) electrons. The highest BCUT2D eigenvalue weighted by Gasteiger charge is 2.21. The van der Waals surface area contributed by atoms with E-state index in [4.69, 9.17) is 4.74 Å². The summed E-state index contributed by atoms with van der Waals surface area (Å²) in [6, 6.07) is 10.5. The van der Waals surface area contributed by atoms with E-state index in [1.54, 1.807) is 6.20 Å². The Balaban J connectivity index is 1.90. The molecule has 0 unspecified atom stereocenters. The van der Waals surface area contributed by atoms with Crippen LogP contribution in [0, 0.1) is 0 Å². The zero-order chi connectivity index (χ0) is 14.2. The second-order valence-electron chi connectivity index (χ2n) is 6.26. The first-order valence-electron chi connectivity index (χ1n) is 6.95. The fourth-order valence-corrected chi connectivity index (χ4v) is 2.42. The first kappa shape index (κ1) is 13.0. The maximum Gasteiger partial charge on any atom is 0.161 e. The number of pyridine rings is 1. The van der Waals surface area contributed by atoms with Crippen molar-refractivity contribution in [2.45, 2.75) is 32.7 Å². The normalized spacial score (nSPS) is 14.7. The Morgan fingerprint density at radius 1 is 1.20 bits per heavy atom. The van der Waals surface area contributed by atoms with Crippen LogP contribution in [-0.4, -0.2) is 11.7 Å². The maximum atomic E-state index is 5.86. The Hall–Kier alpha value is -2.03. The van der Waals surface area contributed by atoms with Gasteiger partial charge in [0.2, 0.25) is 0 Å². The molecule has 2 aromatic rings. The van der Waals surface area contributed by atoms with Crippen LogP contribution in [0.5, 0.6) is 5.75 Å². The molecule has 3 nitrogen and oxygen atoms in total. The minimum Gasteiger partial charge on any atom is -0.473 e. The van der Waals surface area contributed by atoms with Gasteiger partial charge in [0, 0.05) is 18.3 Å². The van der Waals surface area contributed by atoms with Gasteiger partial charge in [0.05, 0.1) is 11.9 Å². The van der Waals surface area contributed by atoms with E-state index in [9.17, 15) is 0 Å².